The van der Waals surface area contributed by atoms with E-state index in [9.17, 15) is 4.79 Å². The molecule has 6 rings (SSSR count). The highest BCUT2D eigenvalue weighted by Gasteiger charge is 2.31. The highest BCUT2D eigenvalue weighted by Crippen LogP contribution is 2.41. The number of para-hydroxylation sites is 1. The zero-order valence-corrected chi connectivity index (χ0v) is 24.8. The summed E-state index contributed by atoms with van der Waals surface area (Å²) in [5.41, 5.74) is 5.03. The van der Waals surface area contributed by atoms with Crippen molar-refractivity contribution in [2.24, 2.45) is 0 Å². The molecule has 220 valence electrons. The third-order valence-corrected chi connectivity index (χ3v) is 8.83. The number of likely N-dealkylation sites (tertiary alicyclic amines) is 2. The number of benzene rings is 3. The largest absolute Gasteiger partial charge is 0.492 e. The van der Waals surface area contributed by atoms with Crippen LogP contribution in [-0.4, -0.2) is 72.8 Å². The minimum atomic E-state index is -0.257. The fourth-order valence-corrected chi connectivity index (χ4v) is 6.75. The van der Waals surface area contributed by atoms with Gasteiger partial charge in [0.25, 0.3) is 0 Å². The van der Waals surface area contributed by atoms with Crippen LogP contribution in [0, 0.1) is 0 Å². The van der Waals surface area contributed by atoms with Gasteiger partial charge in [0.15, 0.2) is 0 Å². The van der Waals surface area contributed by atoms with Crippen LogP contribution in [0.25, 0.3) is 10.9 Å². The van der Waals surface area contributed by atoms with Gasteiger partial charge in [-0.05, 0) is 88.1 Å². The number of hydrogen-bond donors (Lipinski definition) is 0. The van der Waals surface area contributed by atoms with E-state index in [4.69, 9.17) is 9.47 Å². The maximum atomic E-state index is 13.8. The summed E-state index contributed by atoms with van der Waals surface area (Å²) in [6, 6.07) is 27.4. The Kier molecular flexibility index (Phi) is 9.21. The molecule has 0 saturated carbocycles. The fourth-order valence-electron chi connectivity index (χ4n) is 6.75. The standard InChI is InChI=1S/C36H43N3O3/c1-2-41-36(40)35-34(31-14-6-7-15-32(31)39(35)25-24-37-20-8-9-21-37)33(28-12-4-3-5-13-28)29-16-18-30(19-17-29)42-27-26-38-22-10-11-23-38/h3-7,12-19,33H,2,8-11,20-27H2,1H3. The summed E-state index contributed by atoms with van der Waals surface area (Å²) in [6.45, 7) is 10.2. The van der Waals surface area contributed by atoms with Gasteiger partial charge in [-0.3, -0.25) is 4.90 Å². The highest BCUT2D eigenvalue weighted by molar-refractivity contribution is 6.00. The summed E-state index contributed by atoms with van der Waals surface area (Å²) in [5.74, 6) is 0.485. The van der Waals surface area contributed by atoms with Gasteiger partial charge in [0.2, 0.25) is 0 Å². The summed E-state index contributed by atoms with van der Waals surface area (Å²) in [6.07, 6.45) is 5.07. The lowest BCUT2D eigenvalue weighted by Crippen LogP contribution is -2.26. The molecule has 1 atom stereocenters. The van der Waals surface area contributed by atoms with Gasteiger partial charge < -0.3 is 18.9 Å². The molecule has 6 heteroatoms. The van der Waals surface area contributed by atoms with Gasteiger partial charge in [0, 0.05) is 42.0 Å². The van der Waals surface area contributed by atoms with E-state index in [2.05, 4.69) is 87.2 Å². The Morgan fingerprint density at radius 2 is 1.36 bits per heavy atom. The lowest BCUT2D eigenvalue weighted by Gasteiger charge is -2.22. The SMILES string of the molecule is CCOC(=O)c1c(C(c2ccccc2)c2ccc(OCCN3CCCC3)cc2)c2ccccc2n1CCN1CCCC1. The summed E-state index contributed by atoms with van der Waals surface area (Å²) in [7, 11) is 0. The van der Waals surface area contributed by atoms with Crippen molar-refractivity contribution in [1.29, 1.82) is 0 Å². The van der Waals surface area contributed by atoms with Crippen molar-refractivity contribution in [3.8, 4) is 5.75 Å². The van der Waals surface area contributed by atoms with Crippen LogP contribution in [0.15, 0.2) is 78.9 Å². The molecule has 6 nitrogen and oxygen atoms in total. The van der Waals surface area contributed by atoms with Crippen molar-refractivity contribution in [3.63, 3.8) is 0 Å². The second-order valence-corrected chi connectivity index (χ2v) is 11.5. The van der Waals surface area contributed by atoms with E-state index in [1.165, 1.54) is 38.8 Å². The highest BCUT2D eigenvalue weighted by atomic mass is 16.5. The van der Waals surface area contributed by atoms with Crippen LogP contribution in [0.3, 0.4) is 0 Å². The van der Waals surface area contributed by atoms with Crippen LogP contribution in [0.4, 0.5) is 0 Å². The summed E-state index contributed by atoms with van der Waals surface area (Å²) in [5, 5.41) is 1.10. The van der Waals surface area contributed by atoms with Crippen molar-refractivity contribution >= 4 is 16.9 Å². The fraction of sp³-hybridized carbons (Fsp3) is 0.417. The van der Waals surface area contributed by atoms with E-state index >= 15 is 0 Å². The minimum absolute atomic E-state index is 0.137. The Morgan fingerprint density at radius 3 is 2.05 bits per heavy atom. The Hall–Kier alpha value is -3.61. The van der Waals surface area contributed by atoms with Gasteiger partial charge in [0.05, 0.1) is 6.61 Å². The van der Waals surface area contributed by atoms with Gasteiger partial charge in [0.1, 0.15) is 18.1 Å². The van der Waals surface area contributed by atoms with E-state index in [1.807, 2.05) is 13.0 Å². The summed E-state index contributed by atoms with van der Waals surface area (Å²) in [4.78, 5) is 18.8. The van der Waals surface area contributed by atoms with E-state index in [1.54, 1.807) is 0 Å². The van der Waals surface area contributed by atoms with E-state index in [-0.39, 0.29) is 11.9 Å². The zero-order valence-electron chi connectivity index (χ0n) is 24.8. The molecule has 42 heavy (non-hydrogen) atoms. The number of fused-ring (bicyclic) bond motifs is 1. The predicted octanol–water partition coefficient (Wildman–Crippen LogP) is 6.57. The molecule has 0 spiro atoms. The van der Waals surface area contributed by atoms with Crippen molar-refractivity contribution in [1.82, 2.24) is 14.4 Å². The number of hydrogen-bond acceptors (Lipinski definition) is 5. The predicted molar refractivity (Wildman–Crippen MR) is 169 cm³/mol. The smallest absolute Gasteiger partial charge is 0.355 e. The molecule has 2 fully saturated rings. The number of nitrogens with zero attached hydrogens (tertiary/aromatic N) is 3. The monoisotopic (exact) mass is 565 g/mol. The van der Waals surface area contributed by atoms with Crippen molar-refractivity contribution in [2.45, 2.75) is 45.1 Å². The van der Waals surface area contributed by atoms with Gasteiger partial charge in [-0.25, -0.2) is 4.79 Å². The number of ether oxygens (including phenoxy) is 2. The average Bonchev–Trinajstić information content (AvgIpc) is 3.80. The molecule has 4 aromatic rings. The van der Waals surface area contributed by atoms with Crippen LogP contribution in [0.2, 0.25) is 0 Å². The number of rotatable bonds is 12. The Bertz CT molecular complexity index is 1450. The van der Waals surface area contributed by atoms with Crippen molar-refractivity contribution in [2.75, 3.05) is 52.5 Å². The van der Waals surface area contributed by atoms with E-state index in [0.29, 0.717) is 18.9 Å². The number of carbonyl (C=O) groups excluding carboxylic acids is 1. The van der Waals surface area contributed by atoms with Crippen molar-refractivity contribution < 1.29 is 14.3 Å². The molecule has 1 unspecified atom stereocenters. The first-order valence-corrected chi connectivity index (χ1v) is 15.7. The molecule has 3 aromatic carbocycles. The Labute approximate surface area is 249 Å². The molecule has 0 amide bonds. The molecule has 2 saturated heterocycles. The first kappa shape index (κ1) is 28.5. The first-order chi connectivity index (χ1) is 20.7. The number of aromatic nitrogens is 1. The first-order valence-electron chi connectivity index (χ1n) is 15.7. The maximum Gasteiger partial charge on any atom is 0.355 e. The Morgan fingerprint density at radius 1 is 0.738 bits per heavy atom. The molecule has 0 aliphatic carbocycles. The van der Waals surface area contributed by atoms with Gasteiger partial charge in [-0.2, -0.15) is 0 Å². The quantitative estimate of drug-likeness (QED) is 0.182. The topological polar surface area (TPSA) is 46.9 Å². The van der Waals surface area contributed by atoms with E-state index < -0.39 is 0 Å². The second-order valence-electron chi connectivity index (χ2n) is 11.5. The Balaban J connectivity index is 1.40. The molecular weight excluding hydrogens is 522 g/mol. The molecule has 0 N–H and O–H groups in total. The van der Waals surface area contributed by atoms with Crippen LogP contribution < -0.4 is 4.74 Å². The molecule has 2 aliphatic heterocycles. The third kappa shape index (κ3) is 6.25. The third-order valence-electron chi connectivity index (χ3n) is 8.83. The van der Waals surface area contributed by atoms with Gasteiger partial charge in [-0.1, -0.05) is 60.7 Å². The second kappa shape index (κ2) is 13.6. The normalized spacial score (nSPS) is 16.7. The van der Waals surface area contributed by atoms with Crippen LogP contribution >= 0.6 is 0 Å². The zero-order chi connectivity index (χ0) is 28.7. The maximum absolute atomic E-state index is 13.8. The molecule has 0 bridgehead atoms. The van der Waals surface area contributed by atoms with Crippen molar-refractivity contribution in [3.05, 3.63) is 101 Å². The van der Waals surface area contributed by atoms with Crippen LogP contribution in [-0.2, 0) is 11.3 Å². The number of esters is 1. The van der Waals surface area contributed by atoms with Crippen LogP contribution in [0.1, 0.15) is 65.7 Å². The summed E-state index contributed by atoms with van der Waals surface area (Å²) < 4.78 is 14.1. The molecule has 2 aliphatic rings. The minimum Gasteiger partial charge on any atom is -0.492 e. The van der Waals surface area contributed by atoms with E-state index in [0.717, 1.165) is 66.1 Å². The van der Waals surface area contributed by atoms with Gasteiger partial charge >= 0.3 is 5.97 Å². The number of carbonyl (C=O) groups is 1. The molecule has 3 heterocycles. The molecular formula is C36H43N3O3. The summed E-state index contributed by atoms with van der Waals surface area (Å²) >= 11 is 0. The van der Waals surface area contributed by atoms with Gasteiger partial charge in [-0.15, -0.1) is 0 Å². The lowest BCUT2D eigenvalue weighted by atomic mass is 9.83. The lowest BCUT2D eigenvalue weighted by molar-refractivity contribution is 0.0512. The average molecular weight is 566 g/mol. The molecule has 0 radical (unpaired) electrons. The molecule has 1 aromatic heterocycles. The van der Waals surface area contributed by atoms with Crippen LogP contribution in [0.5, 0.6) is 5.75 Å².